The summed E-state index contributed by atoms with van der Waals surface area (Å²) in [5.74, 6) is 5.55. The molecule has 13 heavy (non-hydrogen) atoms. The van der Waals surface area contributed by atoms with Crippen LogP contribution in [0.2, 0.25) is 0 Å². The summed E-state index contributed by atoms with van der Waals surface area (Å²) in [7, 11) is 1.75. The van der Waals surface area contributed by atoms with Crippen molar-refractivity contribution >= 4 is 11.9 Å². The van der Waals surface area contributed by atoms with E-state index in [1.165, 1.54) is 0 Å². The standard InChI is InChI=1S/C8H15N5/c1-3-4-5-6-13(2)8(11)12-7(9)10/h5-6H2,1-2H3,(H5,9,10,11,12). The normalized spacial score (nSPS) is 8.15. The van der Waals surface area contributed by atoms with E-state index in [4.69, 9.17) is 16.6 Å². The van der Waals surface area contributed by atoms with Gasteiger partial charge >= 0.3 is 0 Å². The van der Waals surface area contributed by atoms with Gasteiger partial charge in [-0.25, -0.2) is 0 Å². The average molecular weight is 181 g/mol. The van der Waals surface area contributed by atoms with Crippen molar-refractivity contribution in [3.63, 3.8) is 0 Å². The SMILES string of the molecule is CC#CCCN(C)C(=N)NC(=N)N. The molecule has 0 aliphatic heterocycles. The summed E-state index contributed by atoms with van der Waals surface area (Å²) in [5, 5.41) is 16.7. The van der Waals surface area contributed by atoms with Gasteiger partial charge in [-0.2, -0.15) is 0 Å². The van der Waals surface area contributed by atoms with Gasteiger partial charge in [-0.15, -0.1) is 11.8 Å². The van der Waals surface area contributed by atoms with E-state index in [-0.39, 0.29) is 11.9 Å². The van der Waals surface area contributed by atoms with Gasteiger partial charge in [0.15, 0.2) is 11.9 Å². The lowest BCUT2D eigenvalue weighted by atomic mass is 10.4. The highest BCUT2D eigenvalue weighted by molar-refractivity contribution is 5.94. The van der Waals surface area contributed by atoms with E-state index < -0.39 is 0 Å². The van der Waals surface area contributed by atoms with Crippen LogP contribution in [-0.2, 0) is 0 Å². The third-order valence-corrected chi connectivity index (χ3v) is 1.38. The zero-order valence-electron chi connectivity index (χ0n) is 7.94. The first-order valence-electron chi connectivity index (χ1n) is 3.88. The predicted molar refractivity (Wildman–Crippen MR) is 53.5 cm³/mol. The molecule has 0 aliphatic carbocycles. The van der Waals surface area contributed by atoms with Crippen molar-refractivity contribution < 1.29 is 0 Å². The highest BCUT2D eigenvalue weighted by Gasteiger charge is 2.02. The van der Waals surface area contributed by atoms with Crippen molar-refractivity contribution in [3.8, 4) is 11.8 Å². The molecule has 0 fully saturated rings. The Bertz CT molecular complexity index is 247. The number of nitrogens with zero attached hydrogens (tertiary/aromatic N) is 1. The van der Waals surface area contributed by atoms with E-state index in [1.54, 1.807) is 18.9 Å². The van der Waals surface area contributed by atoms with Crippen molar-refractivity contribution in [2.45, 2.75) is 13.3 Å². The molecule has 0 aromatic rings. The maximum Gasteiger partial charge on any atom is 0.197 e. The highest BCUT2D eigenvalue weighted by atomic mass is 15.3. The molecule has 0 heterocycles. The van der Waals surface area contributed by atoms with Crippen LogP contribution in [0.3, 0.4) is 0 Å². The fourth-order valence-electron chi connectivity index (χ4n) is 0.683. The number of hydrogen-bond acceptors (Lipinski definition) is 2. The van der Waals surface area contributed by atoms with E-state index >= 15 is 0 Å². The molecule has 0 saturated heterocycles. The maximum atomic E-state index is 7.41. The van der Waals surface area contributed by atoms with Gasteiger partial charge in [-0.3, -0.25) is 16.1 Å². The molecule has 0 rings (SSSR count). The Balaban J connectivity index is 3.80. The lowest BCUT2D eigenvalue weighted by Gasteiger charge is -2.18. The monoisotopic (exact) mass is 181 g/mol. The number of guanidine groups is 2. The summed E-state index contributed by atoms with van der Waals surface area (Å²) < 4.78 is 0. The number of rotatable bonds is 2. The molecule has 0 amide bonds. The molecule has 0 saturated carbocycles. The van der Waals surface area contributed by atoms with Crippen molar-refractivity contribution in [2.24, 2.45) is 5.73 Å². The zero-order chi connectivity index (χ0) is 10.3. The van der Waals surface area contributed by atoms with Crippen LogP contribution in [0.1, 0.15) is 13.3 Å². The molecule has 0 radical (unpaired) electrons. The largest absolute Gasteiger partial charge is 0.370 e. The molecule has 5 nitrogen and oxygen atoms in total. The fourth-order valence-corrected chi connectivity index (χ4v) is 0.683. The predicted octanol–water partition coefficient (Wildman–Crippen LogP) is -0.251. The van der Waals surface area contributed by atoms with Crippen LogP contribution in [0.4, 0.5) is 0 Å². The second-order valence-electron chi connectivity index (χ2n) is 2.49. The minimum absolute atomic E-state index is 0.116. The van der Waals surface area contributed by atoms with E-state index in [1.807, 2.05) is 0 Å². The van der Waals surface area contributed by atoms with Crippen LogP contribution < -0.4 is 11.1 Å². The Labute approximate surface area is 78.3 Å². The molecule has 0 aromatic carbocycles. The van der Waals surface area contributed by atoms with Gasteiger partial charge in [0.05, 0.1) is 0 Å². The molecular weight excluding hydrogens is 166 g/mol. The Morgan fingerprint density at radius 2 is 2.15 bits per heavy atom. The average Bonchev–Trinajstić information content (AvgIpc) is 2.03. The first-order chi connectivity index (χ1) is 6.07. The number of nitrogens with two attached hydrogens (primary N) is 1. The van der Waals surface area contributed by atoms with E-state index in [0.29, 0.717) is 13.0 Å². The fraction of sp³-hybridized carbons (Fsp3) is 0.500. The summed E-state index contributed by atoms with van der Waals surface area (Å²) in [5.41, 5.74) is 5.06. The molecule has 0 aromatic heterocycles. The minimum atomic E-state index is -0.224. The van der Waals surface area contributed by atoms with Crippen molar-refractivity contribution in [1.29, 1.82) is 10.8 Å². The second-order valence-corrected chi connectivity index (χ2v) is 2.49. The molecule has 5 N–H and O–H groups in total. The van der Waals surface area contributed by atoms with E-state index in [0.717, 1.165) is 0 Å². The molecular formula is C8H15N5. The van der Waals surface area contributed by atoms with Crippen molar-refractivity contribution in [1.82, 2.24) is 10.2 Å². The minimum Gasteiger partial charge on any atom is -0.370 e. The van der Waals surface area contributed by atoms with Gasteiger partial charge in [-0.05, 0) is 6.92 Å². The zero-order valence-corrected chi connectivity index (χ0v) is 7.94. The van der Waals surface area contributed by atoms with Gasteiger partial charge in [0, 0.05) is 20.0 Å². The third-order valence-electron chi connectivity index (χ3n) is 1.38. The summed E-state index contributed by atoms with van der Waals surface area (Å²) in [6.45, 7) is 2.43. The van der Waals surface area contributed by atoms with Gasteiger partial charge in [0.1, 0.15) is 0 Å². The highest BCUT2D eigenvalue weighted by Crippen LogP contribution is 1.85. The lowest BCUT2D eigenvalue weighted by molar-refractivity contribution is 0.500. The smallest absolute Gasteiger partial charge is 0.197 e. The van der Waals surface area contributed by atoms with E-state index in [2.05, 4.69) is 17.2 Å². The van der Waals surface area contributed by atoms with Gasteiger partial charge < -0.3 is 10.6 Å². The molecule has 0 unspecified atom stereocenters. The summed E-state index contributed by atoms with van der Waals surface area (Å²) in [6.07, 6.45) is 0.703. The van der Waals surface area contributed by atoms with Crippen LogP contribution in [0.25, 0.3) is 0 Å². The topological polar surface area (TPSA) is 89.0 Å². The third kappa shape index (κ3) is 5.56. The first kappa shape index (κ1) is 11.3. The summed E-state index contributed by atoms with van der Waals surface area (Å²) in [6, 6.07) is 0. The maximum absolute atomic E-state index is 7.41. The lowest BCUT2D eigenvalue weighted by Crippen LogP contribution is -2.44. The quantitative estimate of drug-likeness (QED) is 0.269. The van der Waals surface area contributed by atoms with Crippen LogP contribution in [-0.4, -0.2) is 30.4 Å². The second kappa shape index (κ2) is 5.89. The Morgan fingerprint density at radius 3 is 2.62 bits per heavy atom. The van der Waals surface area contributed by atoms with Crippen LogP contribution in [0.15, 0.2) is 0 Å². The van der Waals surface area contributed by atoms with Gasteiger partial charge in [0.25, 0.3) is 0 Å². The number of hydrogen-bond donors (Lipinski definition) is 4. The Morgan fingerprint density at radius 1 is 1.54 bits per heavy atom. The molecule has 5 heteroatoms. The van der Waals surface area contributed by atoms with Gasteiger partial charge in [0.2, 0.25) is 0 Å². The molecule has 0 atom stereocenters. The Hall–Kier alpha value is -1.70. The van der Waals surface area contributed by atoms with Crippen LogP contribution in [0, 0.1) is 22.7 Å². The first-order valence-corrected chi connectivity index (χ1v) is 3.88. The number of nitrogens with one attached hydrogen (secondary N) is 3. The van der Waals surface area contributed by atoms with Crippen molar-refractivity contribution in [2.75, 3.05) is 13.6 Å². The Kier molecular flexibility index (Phi) is 5.12. The summed E-state index contributed by atoms with van der Waals surface area (Å²) >= 11 is 0. The molecule has 0 bridgehead atoms. The van der Waals surface area contributed by atoms with Crippen LogP contribution in [0.5, 0.6) is 0 Å². The van der Waals surface area contributed by atoms with E-state index in [9.17, 15) is 0 Å². The van der Waals surface area contributed by atoms with Gasteiger partial charge in [-0.1, -0.05) is 0 Å². The van der Waals surface area contributed by atoms with Crippen LogP contribution >= 0.6 is 0 Å². The van der Waals surface area contributed by atoms with Crippen molar-refractivity contribution in [3.05, 3.63) is 0 Å². The molecule has 0 spiro atoms. The molecule has 0 aliphatic rings. The summed E-state index contributed by atoms with van der Waals surface area (Å²) in [4.78, 5) is 1.64. The molecule has 72 valence electrons.